The van der Waals surface area contributed by atoms with Gasteiger partial charge in [-0.15, -0.1) is 0 Å². The molecule has 25 heavy (non-hydrogen) atoms. The first-order valence-electron chi connectivity index (χ1n) is 7.97. The number of Topliss-reactive ketones (excluding diaryl/α,β-unsaturated/α-hetero) is 1. The zero-order valence-corrected chi connectivity index (χ0v) is 14.1. The van der Waals surface area contributed by atoms with E-state index in [0.717, 1.165) is 16.7 Å². The van der Waals surface area contributed by atoms with Crippen LogP contribution in [0.25, 0.3) is 23.0 Å². The van der Waals surface area contributed by atoms with Gasteiger partial charge in [-0.3, -0.25) is 4.79 Å². The summed E-state index contributed by atoms with van der Waals surface area (Å²) in [5, 5.41) is 9.42. The van der Waals surface area contributed by atoms with E-state index in [2.05, 4.69) is 6.07 Å². The molecular formula is C22H17NO2. The van der Waals surface area contributed by atoms with Gasteiger partial charge < -0.3 is 4.42 Å². The van der Waals surface area contributed by atoms with Gasteiger partial charge in [0.05, 0.1) is 11.6 Å². The molecule has 2 aromatic carbocycles. The van der Waals surface area contributed by atoms with Crippen molar-refractivity contribution in [1.82, 2.24) is 0 Å². The SMILES string of the molecule is CC(=O)c1ccc(-c2ccc(/C=C(/C#N)c3ccc(C)cc3)o2)cc1. The lowest BCUT2D eigenvalue weighted by Crippen LogP contribution is -1.90. The van der Waals surface area contributed by atoms with Gasteiger partial charge in [0.1, 0.15) is 11.5 Å². The predicted octanol–water partition coefficient (Wildman–Crippen LogP) is 5.52. The Hall–Kier alpha value is -3.38. The highest BCUT2D eigenvalue weighted by Crippen LogP contribution is 2.25. The molecule has 0 unspecified atom stereocenters. The molecule has 0 spiro atoms. The van der Waals surface area contributed by atoms with Crippen LogP contribution in [0.15, 0.2) is 65.1 Å². The summed E-state index contributed by atoms with van der Waals surface area (Å²) in [6.45, 7) is 3.55. The molecule has 0 aliphatic heterocycles. The van der Waals surface area contributed by atoms with E-state index in [9.17, 15) is 10.1 Å². The molecule has 0 saturated carbocycles. The van der Waals surface area contributed by atoms with E-state index >= 15 is 0 Å². The Morgan fingerprint density at radius 2 is 1.60 bits per heavy atom. The van der Waals surface area contributed by atoms with Crippen molar-refractivity contribution in [3.05, 3.63) is 83.1 Å². The molecule has 1 aromatic heterocycles. The molecule has 0 amide bonds. The fourth-order valence-electron chi connectivity index (χ4n) is 2.51. The summed E-state index contributed by atoms with van der Waals surface area (Å²) in [5.41, 5.74) is 4.11. The van der Waals surface area contributed by atoms with Crippen molar-refractivity contribution in [3.8, 4) is 17.4 Å². The van der Waals surface area contributed by atoms with Crippen molar-refractivity contribution in [3.63, 3.8) is 0 Å². The number of hydrogen-bond donors (Lipinski definition) is 0. The van der Waals surface area contributed by atoms with Gasteiger partial charge in [-0.25, -0.2) is 0 Å². The van der Waals surface area contributed by atoms with Gasteiger partial charge in [0.15, 0.2) is 5.78 Å². The zero-order valence-electron chi connectivity index (χ0n) is 14.1. The number of nitriles is 1. The summed E-state index contributed by atoms with van der Waals surface area (Å²) in [7, 11) is 0. The van der Waals surface area contributed by atoms with Crippen LogP contribution in [0.3, 0.4) is 0 Å². The number of carbonyl (C=O) groups is 1. The van der Waals surface area contributed by atoms with E-state index in [1.54, 1.807) is 25.1 Å². The van der Waals surface area contributed by atoms with E-state index in [-0.39, 0.29) is 5.78 Å². The monoisotopic (exact) mass is 327 g/mol. The highest BCUT2D eigenvalue weighted by atomic mass is 16.3. The molecule has 0 aliphatic carbocycles. The molecule has 0 fully saturated rings. The quantitative estimate of drug-likeness (QED) is 0.468. The molecule has 3 rings (SSSR count). The Morgan fingerprint density at radius 3 is 2.20 bits per heavy atom. The van der Waals surface area contributed by atoms with E-state index < -0.39 is 0 Å². The van der Waals surface area contributed by atoms with Gasteiger partial charge in [0.2, 0.25) is 0 Å². The number of nitrogens with zero attached hydrogens (tertiary/aromatic N) is 1. The predicted molar refractivity (Wildman–Crippen MR) is 98.8 cm³/mol. The molecule has 0 N–H and O–H groups in total. The second-order valence-corrected chi connectivity index (χ2v) is 5.87. The smallest absolute Gasteiger partial charge is 0.159 e. The first-order chi connectivity index (χ1) is 12.1. The third-order valence-electron chi connectivity index (χ3n) is 3.97. The standard InChI is InChI=1S/C22H17NO2/c1-15-3-5-18(6-4-15)20(14-23)13-21-11-12-22(25-21)19-9-7-17(8-10-19)16(2)24/h3-13H,1-2H3/b20-13-. The molecule has 0 saturated heterocycles. The number of aryl methyl sites for hydroxylation is 1. The van der Waals surface area contributed by atoms with Gasteiger partial charge in [0.25, 0.3) is 0 Å². The summed E-state index contributed by atoms with van der Waals surface area (Å²) < 4.78 is 5.84. The number of hydrogen-bond acceptors (Lipinski definition) is 3. The maximum absolute atomic E-state index is 11.3. The largest absolute Gasteiger partial charge is 0.457 e. The molecular weight excluding hydrogens is 310 g/mol. The average molecular weight is 327 g/mol. The topological polar surface area (TPSA) is 54.0 Å². The van der Waals surface area contributed by atoms with Gasteiger partial charge in [-0.05, 0) is 37.6 Å². The van der Waals surface area contributed by atoms with Crippen LogP contribution < -0.4 is 0 Å². The summed E-state index contributed by atoms with van der Waals surface area (Å²) in [5.74, 6) is 1.34. The molecule has 0 bridgehead atoms. The lowest BCUT2D eigenvalue weighted by atomic mass is 10.0. The molecule has 3 aromatic rings. The van der Waals surface area contributed by atoms with Crippen LogP contribution in [0.1, 0.15) is 34.2 Å². The number of furan rings is 1. The van der Waals surface area contributed by atoms with Crippen molar-refractivity contribution in [2.45, 2.75) is 13.8 Å². The summed E-state index contributed by atoms with van der Waals surface area (Å²) in [4.78, 5) is 11.3. The first kappa shape index (κ1) is 16.5. The van der Waals surface area contributed by atoms with Crippen molar-refractivity contribution >= 4 is 17.4 Å². The summed E-state index contributed by atoms with van der Waals surface area (Å²) in [6, 6.07) is 21.0. The van der Waals surface area contributed by atoms with E-state index in [0.29, 0.717) is 22.7 Å². The highest BCUT2D eigenvalue weighted by Gasteiger charge is 2.07. The minimum absolute atomic E-state index is 0.0337. The second kappa shape index (κ2) is 7.02. The third kappa shape index (κ3) is 3.76. The van der Waals surface area contributed by atoms with Crippen LogP contribution in [-0.4, -0.2) is 5.78 Å². The van der Waals surface area contributed by atoms with Gasteiger partial charge >= 0.3 is 0 Å². The lowest BCUT2D eigenvalue weighted by Gasteiger charge is -2.00. The van der Waals surface area contributed by atoms with Crippen LogP contribution in [0.5, 0.6) is 0 Å². The number of benzene rings is 2. The Morgan fingerprint density at radius 1 is 0.960 bits per heavy atom. The molecule has 3 nitrogen and oxygen atoms in total. The Labute approximate surface area is 146 Å². The Kier molecular flexibility index (Phi) is 4.63. The van der Waals surface area contributed by atoms with Crippen molar-refractivity contribution in [1.29, 1.82) is 5.26 Å². The third-order valence-corrected chi connectivity index (χ3v) is 3.97. The van der Waals surface area contributed by atoms with Crippen molar-refractivity contribution in [2.75, 3.05) is 0 Å². The summed E-state index contributed by atoms with van der Waals surface area (Å²) in [6.07, 6.45) is 1.73. The number of rotatable bonds is 4. The first-order valence-corrected chi connectivity index (χ1v) is 7.97. The fourth-order valence-corrected chi connectivity index (χ4v) is 2.51. The highest BCUT2D eigenvalue weighted by molar-refractivity contribution is 5.94. The van der Waals surface area contributed by atoms with Crippen molar-refractivity contribution < 1.29 is 9.21 Å². The second-order valence-electron chi connectivity index (χ2n) is 5.87. The van der Waals surface area contributed by atoms with E-state index in [4.69, 9.17) is 4.42 Å². The molecule has 122 valence electrons. The Balaban J connectivity index is 1.88. The van der Waals surface area contributed by atoms with Crippen LogP contribution in [0.4, 0.5) is 0 Å². The molecule has 0 atom stereocenters. The summed E-state index contributed by atoms with van der Waals surface area (Å²) >= 11 is 0. The van der Waals surface area contributed by atoms with Crippen LogP contribution in [-0.2, 0) is 0 Å². The average Bonchev–Trinajstić information content (AvgIpc) is 3.09. The van der Waals surface area contributed by atoms with Gasteiger partial charge in [-0.2, -0.15) is 5.26 Å². The molecule has 0 radical (unpaired) electrons. The fraction of sp³-hybridized carbons (Fsp3) is 0.0909. The van der Waals surface area contributed by atoms with E-state index in [1.165, 1.54) is 0 Å². The van der Waals surface area contributed by atoms with Gasteiger partial charge in [-0.1, -0.05) is 54.1 Å². The normalized spacial score (nSPS) is 11.2. The van der Waals surface area contributed by atoms with Crippen molar-refractivity contribution in [2.24, 2.45) is 0 Å². The maximum Gasteiger partial charge on any atom is 0.159 e. The van der Waals surface area contributed by atoms with E-state index in [1.807, 2.05) is 55.5 Å². The zero-order chi connectivity index (χ0) is 17.8. The maximum atomic E-state index is 11.3. The Bertz CT molecular complexity index is 968. The van der Waals surface area contributed by atoms with Gasteiger partial charge in [0, 0.05) is 11.1 Å². The van der Waals surface area contributed by atoms with Crippen LogP contribution in [0.2, 0.25) is 0 Å². The van der Waals surface area contributed by atoms with Crippen LogP contribution in [0, 0.1) is 18.3 Å². The minimum Gasteiger partial charge on any atom is -0.457 e. The molecule has 1 heterocycles. The number of ketones is 1. The number of allylic oxidation sites excluding steroid dienone is 1. The minimum atomic E-state index is 0.0337. The molecule has 0 aliphatic rings. The molecule has 3 heteroatoms. The van der Waals surface area contributed by atoms with Crippen LogP contribution >= 0.6 is 0 Å². The lowest BCUT2D eigenvalue weighted by molar-refractivity contribution is 0.101. The number of carbonyl (C=O) groups excluding carboxylic acids is 1.